The Kier molecular flexibility index (Phi) is 4.78. The van der Waals surface area contributed by atoms with Crippen LogP contribution in [0.15, 0.2) is 12.1 Å². The van der Waals surface area contributed by atoms with E-state index in [0.717, 1.165) is 41.6 Å². The molecule has 2 heterocycles. The van der Waals surface area contributed by atoms with E-state index in [1.54, 1.807) is 14.2 Å². The third-order valence-electron chi connectivity index (χ3n) is 5.24. The van der Waals surface area contributed by atoms with Gasteiger partial charge in [0.2, 0.25) is 0 Å². The SMILES string of the molecule is COc1cc2c(cc1OC)C(C)(CCN1CCCC1)CNC2=S. The van der Waals surface area contributed by atoms with Crippen LogP contribution in [0.5, 0.6) is 11.5 Å². The van der Waals surface area contributed by atoms with E-state index in [1.165, 1.54) is 31.5 Å². The van der Waals surface area contributed by atoms with Crippen molar-refractivity contribution >= 4 is 17.2 Å². The first-order chi connectivity index (χ1) is 11.1. The molecule has 0 bridgehead atoms. The minimum absolute atomic E-state index is 0.0553. The van der Waals surface area contributed by atoms with Crippen LogP contribution in [-0.2, 0) is 5.41 Å². The molecule has 0 radical (unpaired) electrons. The summed E-state index contributed by atoms with van der Waals surface area (Å²) in [6.45, 7) is 6.81. The number of methoxy groups -OCH3 is 2. The van der Waals surface area contributed by atoms with E-state index in [4.69, 9.17) is 21.7 Å². The molecule has 126 valence electrons. The van der Waals surface area contributed by atoms with Crippen molar-refractivity contribution in [1.82, 2.24) is 10.2 Å². The second-order valence-corrected chi connectivity index (χ2v) is 7.20. The van der Waals surface area contributed by atoms with Gasteiger partial charge in [-0.15, -0.1) is 0 Å². The molecule has 1 atom stereocenters. The number of benzene rings is 1. The first-order valence-corrected chi connectivity index (χ1v) is 8.75. The highest BCUT2D eigenvalue weighted by atomic mass is 32.1. The number of thiocarbonyl (C=S) groups is 1. The van der Waals surface area contributed by atoms with E-state index in [9.17, 15) is 0 Å². The molecule has 23 heavy (non-hydrogen) atoms. The molecular formula is C18H26N2O2S. The van der Waals surface area contributed by atoms with E-state index in [0.29, 0.717) is 0 Å². The number of rotatable bonds is 5. The molecule has 1 aromatic rings. The van der Waals surface area contributed by atoms with Crippen LogP contribution in [-0.4, -0.2) is 50.3 Å². The first-order valence-electron chi connectivity index (χ1n) is 8.34. The Labute approximate surface area is 144 Å². The fraction of sp³-hybridized carbons (Fsp3) is 0.611. The highest BCUT2D eigenvalue weighted by molar-refractivity contribution is 7.80. The number of nitrogens with one attached hydrogen (secondary N) is 1. The van der Waals surface area contributed by atoms with Crippen LogP contribution in [0.3, 0.4) is 0 Å². The van der Waals surface area contributed by atoms with Crippen LogP contribution >= 0.6 is 12.2 Å². The van der Waals surface area contributed by atoms with Crippen LogP contribution in [0, 0.1) is 0 Å². The van der Waals surface area contributed by atoms with Crippen LogP contribution < -0.4 is 14.8 Å². The Balaban J connectivity index is 1.91. The predicted molar refractivity (Wildman–Crippen MR) is 96.9 cm³/mol. The Morgan fingerprint density at radius 1 is 1.17 bits per heavy atom. The van der Waals surface area contributed by atoms with E-state index in [1.807, 2.05) is 6.07 Å². The average Bonchev–Trinajstić information content (AvgIpc) is 3.09. The van der Waals surface area contributed by atoms with Gasteiger partial charge in [-0.1, -0.05) is 19.1 Å². The Morgan fingerprint density at radius 3 is 2.48 bits per heavy atom. The van der Waals surface area contributed by atoms with Crippen molar-refractivity contribution < 1.29 is 9.47 Å². The van der Waals surface area contributed by atoms with Gasteiger partial charge in [0.25, 0.3) is 0 Å². The first kappa shape index (κ1) is 16.5. The molecule has 0 amide bonds. The Hall–Kier alpha value is -1.33. The third-order valence-corrected chi connectivity index (χ3v) is 5.60. The summed E-state index contributed by atoms with van der Waals surface area (Å²) in [5, 5.41) is 3.41. The molecule has 2 aliphatic heterocycles. The number of likely N-dealkylation sites (tertiary alicyclic amines) is 1. The summed E-state index contributed by atoms with van der Waals surface area (Å²) in [6, 6.07) is 4.13. The highest BCUT2D eigenvalue weighted by Crippen LogP contribution is 2.40. The van der Waals surface area contributed by atoms with Gasteiger partial charge in [0.05, 0.1) is 14.2 Å². The zero-order valence-electron chi connectivity index (χ0n) is 14.3. The van der Waals surface area contributed by atoms with Gasteiger partial charge < -0.3 is 19.7 Å². The molecule has 4 nitrogen and oxygen atoms in total. The van der Waals surface area contributed by atoms with E-state index >= 15 is 0 Å². The zero-order chi connectivity index (χ0) is 16.4. The average molecular weight is 334 g/mol. The smallest absolute Gasteiger partial charge is 0.161 e. The van der Waals surface area contributed by atoms with Crippen molar-refractivity contribution in [1.29, 1.82) is 0 Å². The maximum atomic E-state index is 5.52. The van der Waals surface area contributed by atoms with Gasteiger partial charge >= 0.3 is 0 Å². The monoisotopic (exact) mass is 334 g/mol. The third kappa shape index (κ3) is 3.17. The summed E-state index contributed by atoms with van der Waals surface area (Å²) in [7, 11) is 3.35. The molecule has 5 heteroatoms. The van der Waals surface area contributed by atoms with E-state index in [2.05, 4.69) is 23.2 Å². The minimum Gasteiger partial charge on any atom is -0.493 e. The van der Waals surface area contributed by atoms with Crippen LogP contribution in [0.4, 0.5) is 0 Å². The number of nitrogens with zero attached hydrogens (tertiary/aromatic N) is 1. The summed E-state index contributed by atoms with van der Waals surface area (Å²) in [5.41, 5.74) is 2.41. The Bertz CT molecular complexity index is 599. The molecule has 1 saturated heterocycles. The number of ether oxygens (including phenoxy) is 2. The van der Waals surface area contributed by atoms with Gasteiger partial charge in [-0.3, -0.25) is 0 Å². The lowest BCUT2D eigenvalue weighted by molar-refractivity contribution is 0.284. The lowest BCUT2D eigenvalue weighted by Gasteiger charge is -2.38. The lowest BCUT2D eigenvalue weighted by atomic mass is 9.74. The maximum Gasteiger partial charge on any atom is 0.161 e. The second-order valence-electron chi connectivity index (χ2n) is 6.79. The predicted octanol–water partition coefficient (Wildman–Crippen LogP) is 2.73. The van der Waals surface area contributed by atoms with E-state index in [-0.39, 0.29) is 5.41 Å². The molecule has 1 unspecified atom stereocenters. The zero-order valence-corrected chi connectivity index (χ0v) is 15.1. The van der Waals surface area contributed by atoms with Gasteiger partial charge in [0.1, 0.15) is 4.99 Å². The minimum atomic E-state index is 0.0553. The van der Waals surface area contributed by atoms with Crippen molar-refractivity contribution in [3.8, 4) is 11.5 Å². The summed E-state index contributed by atoms with van der Waals surface area (Å²) >= 11 is 5.52. The van der Waals surface area contributed by atoms with Gasteiger partial charge in [-0.05, 0) is 56.6 Å². The molecule has 2 aliphatic rings. The number of hydrogen-bond donors (Lipinski definition) is 1. The molecule has 1 N–H and O–H groups in total. The molecule has 1 aromatic carbocycles. The van der Waals surface area contributed by atoms with Crippen LogP contribution in [0.25, 0.3) is 0 Å². The van der Waals surface area contributed by atoms with E-state index < -0.39 is 0 Å². The second kappa shape index (κ2) is 6.65. The Morgan fingerprint density at radius 2 is 1.83 bits per heavy atom. The molecule has 0 spiro atoms. The van der Waals surface area contributed by atoms with Crippen molar-refractivity contribution in [2.45, 2.75) is 31.6 Å². The van der Waals surface area contributed by atoms with Crippen LogP contribution in [0.2, 0.25) is 0 Å². The van der Waals surface area contributed by atoms with Gasteiger partial charge in [-0.2, -0.15) is 0 Å². The standard InChI is InChI=1S/C18H26N2O2S/c1-18(6-9-20-7-4-5-8-20)12-19-17(23)13-10-15(21-2)16(22-3)11-14(13)18/h10-11H,4-9,12H2,1-3H3,(H,19,23). The molecule has 3 rings (SSSR count). The topological polar surface area (TPSA) is 33.7 Å². The van der Waals surface area contributed by atoms with Crippen molar-refractivity contribution in [2.24, 2.45) is 0 Å². The molecule has 1 fully saturated rings. The van der Waals surface area contributed by atoms with Gasteiger partial charge in [-0.25, -0.2) is 0 Å². The summed E-state index contributed by atoms with van der Waals surface area (Å²) in [5.74, 6) is 1.52. The van der Waals surface area contributed by atoms with Crippen molar-refractivity contribution in [3.05, 3.63) is 23.3 Å². The van der Waals surface area contributed by atoms with Crippen molar-refractivity contribution in [3.63, 3.8) is 0 Å². The molecule has 0 aliphatic carbocycles. The van der Waals surface area contributed by atoms with Gasteiger partial charge in [0, 0.05) is 17.5 Å². The molecule has 0 aromatic heterocycles. The fourth-order valence-corrected chi connectivity index (χ4v) is 3.91. The lowest BCUT2D eigenvalue weighted by Crippen LogP contribution is -2.46. The molecule has 0 saturated carbocycles. The van der Waals surface area contributed by atoms with Gasteiger partial charge in [0.15, 0.2) is 11.5 Å². The largest absolute Gasteiger partial charge is 0.493 e. The van der Waals surface area contributed by atoms with Crippen LogP contribution in [0.1, 0.15) is 37.3 Å². The maximum absolute atomic E-state index is 5.52. The quantitative estimate of drug-likeness (QED) is 0.838. The normalized spacial score (nSPS) is 24.2. The summed E-state index contributed by atoms with van der Waals surface area (Å²) in [4.78, 5) is 3.37. The summed E-state index contributed by atoms with van der Waals surface area (Å²) < 4.78 is 10.9. The number of hydrogen-bond acceptors (Lipinski definition) is 4. The fourth-order valence-electron chi connectivity index (χ4n) is 3.67. The van der Waals surface area contributed by atoms with Crippen molar-refractivity contribution in [2.75, 3.05) is 40.4 Å². The number of fused-ring (bicyclic) bond motifs is 1. The summed E-state index contributed by atoms with van der Waals surface area (Å²) in [6.07, 6.45) is 3.78. The highest BCUT2D eigenvalue weighted by Gasteiger charge is 2.35. The molecular weight excluding hydrogens is 308 g/mol.